The molecule has 1 heterocycles. The fraction of sp³-hybridized carbons (Fsp3) is 0.652. The van der Waals surface area contributed by atoms with Crippen LogP contribution in [-0.4, -0.2) is 61.5 Å². The molecule has 1 aromatic rings. The van der Waals surface area contributed by atoms with E-state index < -0.39 is 5.60 Å². The van der Waals surface area contributed by atoms with Crippen LogP contribution >= 0.6 is 0 Å². The summed E-state index contributed by atoms with van der Waals surface area (Å²) in [5.41, 5.74) is -0.0725. The van der Waals surface area contributed by atoms with Crippen molar-refractivity contribution in [3.05, 3.63) is 17.7 Å². The molecule has 174 valence electrons. The number of carbonyl (C=O) groups is 2. The summed E-state index contributed by atoms with van der Waals surface area (Å²) >= 11 is 0. The number of ether oxygens (including phenoxy) is 4. The van der Waals surface area contributed by atoms with Crippen molar-refractivity contribution >= 4 is 12.0 Å². The van der Waals surface area contributed by atoms with Gasteiger partial charge in [0.05, 0.1) is 19.8 Å². The third-order valence-corrected chi connectivity index (χ3v) is 4.65. The number of nitrogens with zero attached hydrogens (tertiary/aromatic N) is 1. The van der Waals surface area contributed by atoms with Crippen LogP contribution in [0.4, 0.5) is 4.79 Å². The van der Waals surface area contributed by atoms with Gasteiger partial charge in [-0.2, -0.15) is 0 Å². The SMILES string of the molecule is CCOc1cc(C(=O)NC2CCN(C(=O)OC(C)(C)C)CC2)cc(OCC)c1OCC. The molecule has 1 saturated heterocycles. The van der Waals surface area contributed by atoms with Gasteiger partial charge in [-0.05, 0) is 66.5 Å². The van der Waals surface area contributed by atoms with Crippen molar-refractivity contribution in [1.29, 1.82) is 0 Å². The number of nitrogens with one attached hydrogen (secondary N) is 1. The van der Waals surface area contributed by atoms with Crippen molar-refractivity contribution < 1.29 is 28.5 Å². The minimum absolute atomic E-state index is 0.0242. The molecule has 1 aromatic carbocycles. The molecule has 1 aliphatic heterocycles. The zero-order valence-corrected chi connectivity index (χ0v) is 19.6. The molecular weight excluding hydrogens is 400 g/mol. The van der Waals surface area contributed by atoms with Crippen LogP contribution in [0.5, 0.6) is 17.2 Å². The van der Waals surface area contributed by atoms with Crippen molar-refractivity contribution in [3.63, 3.8) is 0 Å². The summed E-state index contributed by atoms with van der Waals surface area (Å²) in [6, 6.07) is 3.34. The quantitative estimate of drug-likeness (QED) is 0.663. The lowest BCUT2D eigenvalue weighted by Gasteiger charge is -2.33. The second-order valence-corrected chi connectivity index (χ2v) is 8.32. The van der Waals surface area contributed by atoms with Gasteiger partial charge >= 0.3 is 6.09 Å². The summed E-state index contributed by atoms with van der Waals surface area (Å²) in [7, 11) is 0. The Morgan fingerprint density at radius 1 is 0.968 bits per heavy atom. The summed E-state index contributed by atoms with van der Waals surface area (Å²) in [5.74, 6) is 1.27. The predicted molar refractivity (Wildman–Crippen MR) is 118 cm³/mol. The van der Waals surface area contributed by atoms with Crippen LogP contribution in [0.2, 0.25) is 0 Å². The van der Waals surface area contributed by atoms with Gasteiger partial charge in [-0.25, -0.2) is 4.79 Å². The highest BCUT2D eigenvalue weighted by Gasteiger charge is 2.28. The van der Waals surface area contributed by atoms with Gasteiger partial charge in [-0.1, -0.05) is 0 Å². The molecule has 0 spiro atoms. The number of hydrogen-bond donors (Lipinski definition) is 1. The van der Waals surface area contributed by atoms with Crippen LogP contribution < -0.4 is 19.5 Å². The van der Waals surface area contributed by atoms with Crippen molar-refractivity contribution in [2.45, 2.75) is 66.0 Å². The Labute approximate surface area is 185 Å². The molecule has 1 aliphatic rings. The van der Waals surface area contributed by atoms with Gasteiger partial charge < -0.3 is 29.2 Å². The first kappa shape index (κ1) is 24.6. The second-order valence-electron chi connectivity index (χ2n) is 8.32. The average molecular weight is 437 g/mol. The van der Waals surface area contributed by atoms with Gasteiger partial charge in [0, 0.05) is 24.7 Å². The Balaban J connectivity index is 2.06. The number of amides is 2. The Kier molecular flexibility index (Phi) is 8.83. The van der Waals surface area contributed by atoms with E-state index in [2.05, 4.69) is 5.32 Å². The highest BCUT2D eigenvalue weighted by molar-refractivity contribution is 5.95. The summed E-state index contributed by atoms with van der Waals surface area (Å²) in [6.07, 6.45) is 1.02. The molecule has 2 rings (SSSR count). The molecule has 0 atom stereocenters. The van der Waals surface area contributed by atoms with Crippen LogP contribution in [0.25, 0.3) is 0 Å². The first-order chi connectivity index (χ1) is 14.7. The van der Waals surface area contributed by atoms with E-state index in [1.807, 2.05) is 41.5 Å². The van der Waals surface area contributed by atoms with E-state index in [0.717, 1.165) is 0 Å². The first-order valence-corrected chi connectivity index (χ1v) is 11.0. The molecule has 8 nitrogen and oxygen atoms in total. The first-order valence-electron chi connectivity index (χ1n) is 11.0. The normalized spacial score (nSPS) is 14.7. The molecule has 0 unspecified atom stereocenters. The van der Waals surface area contributed by atoms with Crippen molar-refractivity contribution in [2.24, 2.45) is 0 Å². The molecule has 0 bridgehead atoms. The van der Waals surface area contributed by atoms with Crippen LogP contribution in [0, 0.1) is 0 Å². The molecule has 0 aliphatic carbocycles. The number of hydrogen-bond acceptors (Lipinski definition) is 6. The molecule has 0 saturated carbocycles. The fourth-order valence-electron chi connectivity index (χ4n) is 3.32. The molecule has 1 N–H and O–H groups in total. The van der Waals surface area contributed by atoms with Crippen LogP contribution in [0.1, 0.15) is 64.7 Å². The molecule has 2 amide bonds. The van der Waals surface area contributed by atoms with E-state index in [1.54, 1.807) is 17.0 Å². The van der Waals surface area contributed by atoms with Gasteiger partial charge in [0.25, 0.3) is 5.91 Å². The summed E-state index contributed by atoms with van der Waals surface area (Å²) in [5, 5.41) is 3.06. The molecule has 1 fully saturated rings. The monoisotopic (exact) mass is 436 g/mol. The summed E-state index contributed by atoms with van der Waals surface area (Å²) < 4.78 is 22.5. The number of rotatable bonds is 8. The number of piperidine rings is 1. The van der Waals surface area contributed by atoms with Crippen molar-refractivity contribution in [1.82, 2.24) is 10.2 Å². The summed E-state index contributed by atoms with van der Waals surface area (Å²) in [4.78, 5) is 26.8. The third kappa shape index (κ3) is 7.22. The molecule has 8 heteroatoms. The predicted octanol–water partition coefficient (Wildman–Crippen LogP) is 4.01. The molecule has 0 aromatic heterocycles. The maximum absolute atomic E-state index is 12.9. The largest absolute Gasteiger partial charge is 0.490 e. The van der Waals surface area contributed by atoms with Crippen molar-refractivity contribution in [3.8, 4) is 17.2 Å². The average Bonchev–Trinajstić information content (AvgIpc) is 2.69. The Morgan fingerprint density at radius 2 is 1.48 bits per heavy atom. The summed E-state index contributed by atoms with van der Waals surface area (Å²) in [6.45, 7) is 13.6. The third-order valence-electron chi connectivity index (χ3n) is 4.65. The smallest absolute Gasteiger partial charge is 0.410 e. The van der Waals surface area contributed by atoms with Crippen LogP contribution in [-0.2, 0) is 4.74 Å². The van der Waals surface area contributed by atoms with Gasteiger partial charge in [0.15, 0.2) is 11.5 Å². The van der Waals surface area contributed by atoms with E-state index in [9.17, 15) is 9.59 Å². The minimum atomic E-state index is -0.521. The fourth-order valence-corrected chi connectivity index (χ4v) is 3.32. The second kappa shape index (κ2) is 11.1. The Morgan fingerprint density at radius 3 is 1.94 bits per heavy atom. The molecule has 0 radical (unpaired) electrons. The van der Waals surface area contributed by atoms with Gasteiger partial charge in [0.2, 0.25) is 5.75 Å². The maximum atomic E-state index is 12.9. The molecule has 31 heavy (non-hydrogen) atoms. The van der Waals surface area contributed by atoms with Crippen LogP contribution in [0.3, 0.4) is 0 Å². The number of benzene rings is 1. The van der Waals surface area contributed by atoms with Crippen LogP contribution in [0.15, 0.2) is 12.1 Å². The minimum Gasteiger partial charge on any atom is -0.490 e. The lowest BCUT2D eigenvalue weighted by Crippen LogP contribution is -2.47. The number of likely N-dealkylation sites (tertiary alicyclic amines) is 1. The Hall–Kier alpha value is -2.64. The van der Waals surface area contributed by atoms with E-state index in [1.165, 1.54) is 0 Å². The highest BCUT2D eigenvalue weighted by atomic mass is 16.6. The van der Waals surface area contributed by atoms with Gasteiger partial charge in [-0.3, -0.25) is 4.79 Å². The van der Waals surface area contributed by atoms with Crippen molar-refractivity contribution in [2.75, 3.05) is 32.9 Å². The topological polar surface area (TPSA) is 86.3 Å². The Bertz CT molecular complexity index is 724. The highest BCUT2D eigenvalue weighted by Crippen LogP contribution is 2.39. The van der Waals surface area contributed by atoms with Gasteiger partial charge in [-0.15, -0.1) is 0 Å². The van der Waals surface area contributed by atoms with E-state index >= 15 is 0 Å². The van der Waals surface area contributed by atoms with E-state index in [4.69, 9.17) is 18.9 Å². The zero-order chi connectivity index (χ0) is 23.0. The molecular formula is C23H36N2O6. The standard InChI is InChI=1S/C23H36N2O6/c1-7-28-18-14-16(15-19(29-8-2)20(18)30-9-3)21(26)24-17-10-12-25(13-11-17)22(27)31-23(4,5)6/h14-15,17H,7-13H2,1-6H3,(H,24,26). The zero-order valence-electron chi connectivity index (χ0n) is 19.6. The number of carbonyl (C=O) groups excluding carboxylic acids is 2. The lowest BCUT2D eigenvalue weighted by atomic mass is 10.0. The van der Waals surface area contributed by atoms with E-state index in [-0.39, 0.29) is 18.0 Å². The van der Waals surface area contributed by atoms with E-state index in [0.29, 0.717) is 68.6 Å². The lowest BCUT2D eigenvalue weighted by molar-refractivity contribution is 0.0199. The maximum Gasteiger partial charge on any atom is 0.410 e. The van der Waals surface area contributed by atoms with Gasteiger partial charge in [0.1, 0.15) is 5.60 Å².